The number of piperidine rings is 2. The van der Waals surface area contributed by atoms with Gasteiger partial charge in [0, 0.05) is 38.4 Å². The number of aromatic nitrogens is 1. The Kier molecular flexibility index (Phi) is 7.22. The van der Waals surface area contributed by atoms with E-state index in [1.54, 1.807) is 6.07 Å². The van der Waals surface area contributed by atoms with E-state index in [-0.39, 0.29) is 36.0 Å². The minimum atomic E-state index is -3.87. The van der Waals surface area contributed by atoms with E-state index in [9.17, 15) is 18.3 Å². The van der Waals surface area contributed by atoms with Crippen LogP contribution in [0.25, 0.3) is 0 Å². The molecule has 2 unspecified atom stereocenters. The molecule has 3 fully saturated rings. The van der Waals surface area contributed by atoms with Crippen molar-refractivity contribution < 1.29 is 23.1 Å². The summed E-state index contributed by atoms with van der Waals surface area (Å²) >= 11 is 0. The maximum absolute atomic E-state index is 13.4. The topological polar surface area (TPSA) is 103 Å². The molecule has 0 aromatic carbocycles. The molecule has 31 heavy (non-hydrogen) atoms. The maximum atomic E-state index is 13.4. The molecule has 0 aliphatic carbocycles. The molecule has 1 aromatic rings. The van der Waals surface area contributed by atoms with Crippen LogP contribution in [0.15, 0.2) is 23.4 Å². The lowest BCUT2D eigenvalue weighted by Crippen LogP contribution is -2.57. The number of amides is 1. The molecule has 0 spiro atoms. The summed E-state index contributed by atoms with van der Waals surface area (Å²) in [6.45, 7) is 4.30. The van der Waals surface area contributed by atoms with Crippen molar-refractivity contribution in [3.63, 3.8) is 0 Å². The van der Waals surface area contributed by atoms with Gasteiger partial charge in [0.1, 0.15) is 0 Å². The Labute approximate surface area is 184 Å². The highest BCUT2D eigenvalue weighted by Crippen LogP contribution is 2.29. The summed E-state index contributed by atoms with van der Waals surface area (Å²) in [5.74, 6) is -0.364. The van der Waals surface area contributed by atoms with Gasteiger partial charge in [-0.05, 0) is 50.0 Å². The largest absolute Gasteiger partial charge is 0.392 e. The van der Waals surface area contributed by atoms with E-state index in [0.29, 0.717) is 44.8 Å². The molecule has 3 aliphatic heterocycles. The second-order valence-electron chi connectivity index (χ2n) is 8.60. The van der Waals surface area contributed by atoms with Gasteiger partial charge in [0.2, 0.25) is 5.91 Å². The Bertz CT molecular complexity index is 868. The van der Waals surface area contributed by atoms with Crippen LogP contribution in [-0.2, 0) is 26.2 Å². The van der Waals surface area contributed by atoms with Gasteiger partial charge in [-0.1, -0.05) is 6.42 Å². The molecule has 0 bridgehead atoms. The van der Waals surface area contributed by atoms with E-state index in [1.807, 2.05) is 4.90 Å². The number of hydrogen-bond donors (Lipinski definition) is 1. The third-order valence-electron chi connectivity index (χ3n) is 6.56. The predicted octanol–water partition coefficient (Wildman–Crippen LogP) is 0.298. The van der Waals surface area contributed by atoms with Crippen LogP contribution < -0.4 is 0 Å². The zero-order valence-corrected chi connectivity index (χ0v) is 18.7. The second-order valence-corrected chi connectivity index (χ2v) is 10.5. The quantitative estimate of drug-likeness (QED) is 0.685. The number of nitrogens with zero attached hydrogens (tertiary/aromatic N) is 4. The van der Waals surface area contributed by atoms with E-state index < -0.39 is 10.0 Å². The van der Waals surface area contributed by atoms with Crippen molar-refractivity contribution in [1.82, 2.24) is 19.1 Å². The van der Waals surface area contributed by atoms with Crippen LogP contribution in [0.3, 0.4) is 0 Å². The van der Waals surface area contributed by atoms with Gasteiger partial charge in [0.15, 0.2) is 5.03 Å². The zero-order chi connectivity index (χ0) is 21.8. The lowest BCUT2D eigenvalue weighted by molar-refractivity contribution is -0.141. The molecule has 3 aliphatic rings. The normalized spacial score (nSPS) is 26.7. The highest BCUT2D eigenvalue weighted by atomic mass is 32.2. The average Bonchev–Trinajstić information content (AvgIpc) is 2.84. The van der Waals surface area contributed by atoms with Gasteiger partial charge in [-0.2, -0.15) is 4.31 Å². The van der Waals surface area contributed by atoms with E-state index >= 15 is 0 Å². The first kappa shape index (κ1) is 22.6. The van der Waals surface area contributed by atoms with Crippen molar-refractivity contribution in [2.45, 2.75) is 43.4 Å². The van der Waals surface area contributed by atoms with Gasteiger partial charge < -0.3 is 14.7 Å². The summed E-state index contributed by atoms with van der Waals surface area (Å²) in [7, 11) is -3.87. The van der Waals surface area contributed by atoms with E-state index in [0.717, 1.165) is 25.9 Å². The molecule has 172 valence electrons. The Morgan fingerprint density at radius 1 is 1.13 bits per heavy atom. The molecule has 4 heterocycles. The maximum Gasteiger partial charge on any atom is 0.260 e. The monoisotopic (exact) mass is 452 g/mol. The van der Waals surface area contributed by atoms with Gasteiger partial charge >= 0.3 is 0 Å². The number of carbonyl (C=O) groups is 1. The van der Waals surface area contributed by atoms with Crippen LogP contribution in [-0.4, -0.2) is 97.0 Å². The fraction of sp³-hybridized carbons (Fsp3) is 0.714. The van der Waals surface area contributed by atoms with Gasteiger partial charge in [-0.25, -0.2) is 13.4 Å². The first-order chi connectivity index (χ1) is 15.0. The van der Waals surface area contributed by atoms with Crippen LogP contribution >= 0.6 is 0 Å². The van der Waals surface area contributed by atoms with Crippen molar-refractivity contribution >= 4 is 15.9 Å². The number of carbonyl (C=O) groups excluding carboxylic acids is 1. The third-order valence-corrected chi connectivity index (χ3v) is 8.29. The van der Waals surface area contributed by atoms with Crippen LogP contribution in [0.4, 0.5) is 0 Å². The third kappa shape index (κ3) is 5.09. The number of likely N-dealkylation sites (tertiary alicyclic amines) is 1. The van der Waals surface area contributed by atoms with Crippen LogP contribution in [0.1, 0.15) is 31.2 Å². The molecule has 10 heteroatoms. The lowest BCUT2D eigenvalue weighted by Gasteiger charge is -2.44. The van der Waals surface area contributed by atoms with E-state index in [1.165, 1.54) is 23.0 Å². The fourth-order valence-corrected chi connectivity index (χ4v) is 6.32. The highest BCUT2D eigenvalue weighted by Gasteiger charge is 2.41. The van der Waals surface area contributed by atoms with Crippen molar-refractivity contribution in [2.24, 2.45) is 5.92 Å². The van der Waals surface area contributed by atoms with Crippen LogP contribution in [0.2, 0.25) is 0 Å². The smallest absolute Gasteiger partial charge is 0.260 e. The number of rotatable bonds is 5. The molecule has 0 saturated carbocycles. The molecule has 1 N–H and O–H groups in total. The number of pyridine rings is 1. The highest BCUT2D eigenvalue weighted by molar-refractivity contribution is 7.89. The van der Waals surface area contributed by atoms with E-state index in [2.05, 4.69) is 9.88 Å². The van der Waals surface area contributed by atoms with Crippen molar-refractivity contribution in [1.29, 1.82) is 0 Å². The number of aliphatic hydroxyl groups excluding tert-OH is 1. The first-order valence-electron chi connectivity index (χ1n) is 11.2. The Morgan fingerprint density at radius 3 is 2.58 bits per heavy atom. The number of hydrogen-bond acceptors (Lipinski definition) is 7. The van der Waals surface area contributed by atoms with Crippen molar-refractivity contribution in [2.75, 3.05) is 52.5 Å². The van der Waals surface area contributed by atoms with Crippen LogP contribution in [0.5, 0.6) is 0 Å². The molecule has 4 rings (SSSR count). The molecular formula is C21H32N4O5S. The standard InChI is InChI=1S/C21H32N4O5S/c26-16-17-4-5-22-20(12-17)31(28,29)25-14-18(21(27)24-8-10-30-11-9-24)13-19(15-25)23-6-2-1-3-7-23/h4-5,12,18-19,26H,1-3,6-11,13-16H2. The minimum absolute atomic E-state index is 0.0137. The molecule has 2 atom stereocenters. The van der Waals surface area contributed by atoms with E-state index in [4.69, 9.17) is 4.74 Å². The predicted molar refractivity (Wildman–Crippen MR) is 114 cm³/mol. The van der Waals surface area contributed by atoms with Gasteiger partial charge in [0.05, 0.1) is 25.7 Å². The van der Waals surface area contributed by atoms with Gasteiger partial charge in [-0.15, -0.1) is 0 Å². The van der Waals surface area contributed by atoms with Gasteiger partial charge in [-0.3, -0.25) is 9.69 Å². The summed E-state index contributed by atoms with van der Waals surface area (Å²) in [5, 5.41) is 9.33. The first-order valence-corrected chi connectivity index (χ1v) is 12.6. The molecule has 0 radical (unpaired) electrons. The molecule has 1 amide bonds. The Morgan fingerprint density at radius 2 is 1.87 bits per heavy atom. The SMILES string of the molecule is O=C(C1CC(N2CCCCC2)CN(S(=O)(=O)c2cc(CO)ccn2)C1)N1CCOCC1. The fourth-order valence-electron chi connectivity index (χ4n) is 4.82. The Hall–Kier alpha value is -1.59. The lowest BCUT2D eigenvalue weighted by atomic mass is 9.92. The minimum Gasteiger partial charge on any atom is -0.392 e. The van der Waals surface area contributed by atoms with Crippen molar-refractivity contribution in [3.05, 3.63) is 23.9 Å². The number of sulfonamides is 1. The average molecular weight is 453 g/mol. The number of aliphatic hydroxyl groups is 1. The second kappa shape index (κ2) is 9.91. The van der Waals surface area contributed by atoms with Crippen molar-refractivity contribution in [3.8, 4) is 0 Å². The van der Waals surface area contributed by atoms with Gasteiger partial charge in [0.25, 0.3) is 10.0 Å². The summed E-state index contributed by atoms with van der Waals surface area (Å²) in [4.78, 5) is 21.5. The zero-order valence-electron chi connectivity index (χ0n) is 17.9. The summed E-state index contributed by atoms with van der Waals surface area (Å²) < 4.78 is 33.7. The number of ether oxygens (including phenoxy) is 1. The summed E-state index contributed by atoms with van der Waals surface area (Å²) in [5.41, 5.74) is 0.499. The van der Waals surface area contributed by atoms with Crippen LogP contribution in [0, 0.1) is 5.92 Å². The molecule has 9 nitrogen and oxygen atoms in total. The molecule has 3 saturated heterocycles. The summed E-state index contributed by atoms with van der Waals surface area (Å²) in [6, 6.07) is 3.02. The summed E-state index contributed by atoms with van der Waals surface area (Å²) in [6.07, 6.45) is 5.48. The molecular weight excluding hydrogens is 420 g/mol. The molecule has 1 aromatic heterocycles. The Balaban J connectivity index is 1.59. The number of morpholine rings is 1.